The third kappa shape index (κ3) is 7.24. The third-order valence-corrected chi connectivity index (χ3v) is 4.81. The van der Waals surface area contributed by atoms with Gasteiger partial charge in [0.2, 0.25) is 0 Å². The molecule has 0 bridgehead atoms. The van der Waals surface area contributed by atoms with Crippen LogP contribution in [0.4, 0.5) is 0 Å². The van der Waals surface area contributed by atoms with Crippen molar-refractivity contribution in [1.82, 2.24) is 10.2 Å². The summed E-state index contributed by atoms with van der Waals surface area (Å²) in [5.74, 6) is 0.249. The van der Waals surface area contributed by atoms with Gasteiger partial charge in [-0.25, -0.2) is 0 Å². The Morgan fingerprint density at radius 3 is 2.00 bits per heavy atom. The number of carbonyl (C=O) groups excluding carboxylic acids is 1. The van der Waals surface area contributed by atoms with E-state index in [-0.39, 0.29) is 11.2 Å². The van der Waals surface area contributed by atoms with E-state index in [4.69, 9.17) is 0 Å². The summed E-state index contributed by atoms with van der Waals surface area (Å²) in [6, 6.07) is 1.80. The maximum absolute atomic E-state index is 13.0. The van der Waals surface area contributed by atoms with Crippen LogP contribution in [-0.4, -0.2) is 16.0 Å². The SMILES string of the molecule is CCCCCCCC(C)(CCCCCC)C(=O)c1ccnnc1. The molecule has 1 aromatic rings. The molecular weight excluding hydrogens is 284 g/mol. The molecule has 0 radical (unpaired) electrons. The number of ketones is 1. The van der Waals surface area contributed by atoms with Crippen molar-refractivity contribution in [2.24, 2.45) is 5.41 Å². The Kier molecular flexibility index (Phi) is 9.74. The summed E-state index contributed by atoms with van der Waals surface area (Å²) < 4.78 is 0. The molecule has 0 N–H and O–H groups in total. The molecular formula is C20H34N2O. The van der Waals surface area contributed by atoms with Gasteiger partial charge in [0.1, 0.15) is 0 Å². The van der Waals surface area contributed by atoms with Crippen molar-refractivity contribution in [3.63, 3.8) is 0 Å². The van der Waals surface area contributed by atoms with Gasteiger partial charge in [0.25, 0.3) is 0 Å². The average Bonchev–Trinajstić information content (AvgIpc) is 2.59. The number of nitrogens with zero attached hydrogens (tertiary/aromatic N) is 2. The lowest BCUT2D eigenvalue weighted by Crippen LogP contribution is -2.28. The van der Waals surface area contributed by atoms with E-state index in [1.165, 1.54) is 44.9 Å². The maximum atomic E-state index is 13.0. The van der Waals surface area contributed by atoms with Gasteiger partial charge in [0, 0.05) is 11.0 Å². The van der Waals surface area contributed by atoms with Crippen molar-refractivity contribution in [1.29, 1.82) is 0 Å². The number of Topliss-reactive ketones (excluding diaryl/α,β-unsaturated/α-hetero) is 1. The first kappa shape index (κ1) is 19.8. The zero-order chi connectivity index (χ0) is 17.0. The topological polar surface area (TPSA) is 42.9 Å². The molecule has 0 saturated carbocycles. The van der Waals surface area contributed by atoms with E-state index in [9.17, 15) is 4.79 Å². The van der Waals surface area contributed by atoms with Crippen LogP contribution in [0.2, 0.25) is 0 Å². The molecule has 0 amide bonds. The fourth-order valence-corrected chi connectivity index (χ4v) is 3.19. The van der Waals surface area contributed by atoms with Crippen LogP contribution >= 0.6 is 0 Å². The molecule has 3 nitrogen and oxygen atoms in total. The maximum Gasteiger partial charge on any atom is 0.170 e. The number of aromatic nitrogens is 2. The number of hydrogen-bond donors (Lipinski definition) is 0. The predicted molar refractivity (Wildman–Crippen MR) is 96.6 cm³/mol. The molecule has 0 fully saturated rings. The van der Waals surface area contributed by atoms with Gasteiger partial charge in [-0.3, -0.25) is 4.79 Å². The minimum Gasteiger partial charge on any atom is -0.294 e. The van der Waals surface area contributed by atoms with Crippen LogP contribution in [0.5, 0.6) is 0 Å². The summed E-state index contributed by atoms with van der Waals surface area (Å²) in [5.41, 5.74) is 0.467. The largest absolute Gasteiger partial charge is 0.294 e. The minimum atomic E-state index is -0.247. The van der Waals surface area contributed by atoms with Crippen LogP contribution in [0, 0.1) is 5.41 Å². The molecule has 1 heterocycles. The molecule has 130 valence electrons. The Hall–Kier alpha value is -1.25. The lowest BCUT2D eigenvalue weighted by molar-refractivity contribution is 0.0776. The van der Waals surface area contributed by atoms with Crippen molar-refractivity contribution in [2.75, 3.05) is 0 Å². The van der Waals surface area contributed by atoms with E-state index < -0.39 is 0 Å². The van der Waals surface area contributed by atoms with Crippen LogP contribution in [0.25, 0.3) is 0 Å². The van der Waals surface area contributed by atoms with E-state index in [1.807, 2.05) is 0 Å². The predicted octanol–water partition coefficient (Wildman–Crippen LogP) is 6.00. The van der Waals surface area contributed by atoms with Crippen LogP contribution in [0.15, 0.2) is 18.5 Å². The van der Waals surface area contributed by atoms with Gasteiger partial charge in [-0.05, 0) is 18.9 Å². The fraction of sp³-hybridized carbons (Fsp3) is 0.750. The number of unbranched alkanes of at least 4 members (excludes halogenated alkanes) is 7. The standard InChI is InChI=1S/C20H34N2O/c1-4-6-8-10-12-15-20(3,14-11-9-7-5-2)19(23)18-13-16-21-22-17-18/h13,16-17H,4-12,14-15H2,1-3H3. The summed E-state index contributed by atoms with van der Waals surface area (Å²) in [6.07, 6.45) is 16.3. The first-order valence-corrected chi connectivity index (χ1v) is 9.45. The summed E-state index contributed by atoms with van der Waals surface area (Å²) in [6.45, 7) is 6.61. The minimum absolute atomic E-state index is 0.247. The van der Waals surface area contributed by atoms with Crippen molar-refractivity contribution in [3.05, 3.63) is 24.0 Å². The number of rotatable bonds is 13. The molecule has 1 rings (SSSR count). The van der Waals surface area contributed by atoms with Gasteiger partial charge in [-0.1, -0.05) is 78.6 Å². The van der Waals surface area contributed by atoms with Crippen molar-refractivity contribution in [2.45, 2.75) is 91.4 Å². The highest BCUT2D eigenvalue weighted by atomic mass is 16.1. The lowest BCUT2D eigenvalue weighted by atomic mass is 9.74. The molecule has 0 saturated heterocycles. The highest BCUT2D eigenvalue weighted by Gasteiger charge is 2.32. The number of carbonyl (C=O) groups is 1. The molecule has 0 aliphatic carbocycles. The van der Waals surface area contributed by atoms with Crippen molar-refractivity contribution < 1.29 is 4.79 Å². The first-order valence-electron chi connectivity index (χ1n) is 9.45. The van der Waals surface area contributed by atoms with E-state index in [0.717, 1.165) is 25.7 Å². The molecule has 1 atom stereocenters. The van der Waals surface area contributed by atoms with E-state index in [1.54, 1.807) is 18.5 Å². The summed E-state index contributed by atoms with van der Waals surface area (Å²) in [5, 5.41) is 7.67. The zero-order valence-electron chi connectivity index (χ0n) is 15.3. The smallest absolute Gasteiger partial charge is 0.170 e. The monoisotopic (exact) mass is 318 g/mol. The average molecular weight is 319 g/mol. The van der Waals surface area contributed by atoms with E-state index in [2.05, 4.69) is 31.0 Å². The zero-order valence-corrected chi connectivity index (χ0v) is 15.3. The summed E-state index contributed by atoms with van der Waals surface area (Å²) in [4.78, 5) is 13.0. The van der Waals surface area contributed by atoms with Crippen molar-refractivity contribution in [3.8, 4) is 0 Å². The van der Waals surface area contributed by atoms with Gasteiger partial charge in [-0.15, -0.1) is 0 Å². The molecule has 0 aromatic carbocycles. The second-order valence-corrected chi connectivity index (χ2v) is 7.00. The van der Waals surface area contributed by atoms with Crippen molar-refractivity contribution >= 4 is 5.78 Å². The summed E-state index contributed by atoms with van der Waals surface area (Å²) >= 11 is 0. The van der Waals surface area contributed by atoms with Crippen LogP contribution in [0.1, 0.15) is 102 Å². The molecule has 0 aliphatic heterocycles. The van der Waals surface area contributed by atoms with E-state index >= 15 is 0 Å². The Balaban J connectivity index is 2.64. The normalized spacial score (nSPS) is 13.7. The van der Waals surface area contributed by atoms with Gasteiger partial charge in [0.05, 0.1) is 12.4 Å². The van der Waals surface area contributed by atoms with Crippen LogP contribution in [0.3, 0.4) is 0 Å². The van der Waals surface area contributed by atoms with Crippen LogP contribution < -0.4 is 0 Å². The molecule has 23 heavy (non-hydrogen) atoms. The number of hydrogen-bond acceptors (Lipinski definition) is 3. The van der Waals surface area contributed by atoms with E-state index in [0.29, 0.717) is 5.56 Å². The quantitative estimate of drug-likeness (QED) is 0.331. The molecule has 3 heteroatoms. The summed E-state index contributed by atoms with van der Waals surface area (Å²) in [7, 11) is 0. The van der Waals surface area contributed by atoms with Crippen LogP contribution in [-0.2, 0) is 0 Å². The highest BCUT2D eigenvalue weighted by Crippen LogP contribution is 2.35. The Morgan fingerprint density at radius 1 is 0.913 bits per heavy atom. The van der Waals surface area contributed by atoms with Gasteiger partial charge < -0.3 is 0 Å². The Bertz CT molecular complexity index is 433. The third-order valence-electron chi connectivity index (χ3n) is 4.81. The second kappa shape index (κ2) is 11.3. The second-order valence-electron chi connectivity index (χ2n) is 7.00. The van der Waals surface area contributed by atoms with Gasteiger partial charge >= 0.3 is 0 Å². The Morgan fingerprint density at radius 2 is 1.48 bits per heavy atom. The Labute approximate surface area is 142 Å². The molecule has 1 aromatic heterocycles. The molecule has 0 aliphatic rings. The van der Waals surface area contributed by atoms with Gasteiger partial charge in [0.15, 0.2) is 5.78 Å². The lowest BCUT2D eigenvalue weighted by Gasteiger charge is -2.28. The van der Waals surface area contributed by atoms with Gasteiger partial charge in [-0.2, -0.15) is 10.2 Å². The molecule has 1 unspecified atom stereocenters. The first-order chi connectivity index (χ1) is 11.1. The fourth-order valence-electron chi connectivity index (χ4n) is 3.19. The highest BCUT2D eigenvalue weighted by molar-refractivity contribution is 5.99. The molecule has 0 spiro atoms.